The molecule has 0 aromatic rings. The summed E-state index contributed by atoms with van der Waals surface area (Å²) < 4.78 is 37.3. The van der Waals surface area contributed by atoms with Crippen LogP contribution in [0.2, 0.25) is 0 Å². The number of carbonyl (C=O) groups excluding carboxylic acids is 1. The number of allylic oxidation sites excluding steroid dienone is 1. The van der Waals surface area contributed by atoms with E-state index in [1.807, 2.05) is 7.11 Å². The zero-order valence-electron chi connectivity index (χ0n) is 18.8. The van der Waals surface area contributed by atoms with Gasteiger partial charge in [0.2, 0.25) is 5.91 Å². The van der Waals surface area contributed by atoms with Gasteiger partial charge in [0.05, 0.1) is 6.61 Å². The molecule has 9 heteroatoms. The van der Waals surface area contributed by atoms with Crippen molar-refractivity contribution in [3.05, 3.63) is 11.6 Å². The van der Waals surface area contributed by atoms with Gasteiger partial charge in [-0.15, -0.1) is 0 Å². The molecule has 6 nitrogen and oxygen atoms in total. The van der Waals surface area contributed by atoms with E-state index in [0.717, 1.165) is 45.0 Å². The molecule has 4 rings (SSSR count). The van der Waals surface area contributed by atoms with E-state index in [2.05, 4.69) is 15.9 Å². The summed E-state index contributed by atoms with van der Waals surface area (Å²) in [5.74, 6) is -0.868. The number of alkyl halides is 3. The van der Waals surface area contributed by atoms with Crippen LogP contribution in [0.4, 0.5) is 13.2 Å². The summed E-state index contributed by atoms with van der Waals surface area (Å²) in [5, 5.41) is 7.12. The minimum Gasteiger partial charge on any atom is -0.475 e. The number of likely N-dealkylation sites (tertiary alicyclic amines) is 2. The van der Waals surface area contributed by atoms with Crippen molar-refractivity contribution < 1.29 is 32.6 Å². The third-order valence-electron chi connectivity index (χ3n) is 7.21. The molecule has 1 N–H and O–H groups in total. The van der Waals surface area contributed by atoms with Crippen LogP contribution in [0.5, 0.6) is 0 Å². The van der Waals surface area contributed by atoms with Crippen molar-refractivity contribution in [1.82, 2.24) is 9.80 Å². The largest absolute Gasteiger partial charge is 0.490 e. The smallest absolute Gasteiger partial charge is 0.475 e. The molecule has 1 saturated carbocycles. The lowest BCUT2D eigenvalue weighted by molar-refractivity contribution is -0.192. The predicted octanol–water partition coefficient (Wildman–Crippen LogP) is 3.72. The molecule has 2 aliphatic heterocycles. The van der Waals surface area contributed by atoms with Crippen LogP contribution < -0.4 is 0 Å². The van der Waals surface area contributed by atoms with E-state index >= 15 is 0 Å². The lowest BCUT2D eigenvalue weighted by Crippen LogP contribution is -2.38. The third kappa shape index (κ3) is 6.70. The van der Waals surface area contributed by atoms with Gasteiger partial charge in [0, 0.05) is 57.6 Å². The Bertz CT molecular complexity index is 708. The number of carboxylic acids is 1. The molecular weight excluding hydrogens is 425 g/mol. The minimum atomic E-state index is -5.08. The van der Waals surface area contributed by atoms with Crippen molar-refractivity contribution in [3.63, 3.8) is 0 Å². The molecule has 0 aromatic heterocycles. The maximum Gasteiger partial charge on any atom is 0.490 e. The van der Waals surface area contributed by atoms with Gasteiger partial charge < -0.3 is 19.6 Å². The summed E-state index contributed by atoms with van der Waals surface area (Å²) >= 11 is 0. The normalized spacial score (nSPS) is 28.4. The van der Waals surface area contributed by atoms with Crippen LogP contribution in [0.25, 0.3) is 0 Å². The number of aliphatic carboxylic acids is 1. The minimum absolute atomic E-state index is 0.279. The predicted molar refractivity (Wildman–Crippen MR) is 113 cm³/mol. The van der Waals surface area contributed by atoms with E-state index < -0.39 is 12.1 Å². The number of nitrogens with zero attached hydrogens (tertiary/aromatic N) is 2. The van der Waals surface area contributed by atoms with E-state index in [1.54, 1.807) is 0 Å². The van der Waals surface area contributed by atoms with Crippen molar-refractivity contribution in [3.8, 4) is 0 Å². The summed E-state index contributed by atoms with van der Waals surface area (Å²) in [4.78, 5) is 26.6. The average Bonchev–Trinajstić information content (AvgIpc) is 3.34. The van der Waals surface area contributed by atoms with Gasteiger partial charge in [-0.1, -0.05) is 11.6 Å². The van der Waals surface area contributed by atoms with E-state index in [9.17, 15) is 18.0 Å². The van der Waals surface area contributed by atoms with Gasteiger partial charge in [-0.05, 0) is 50.9 Å². The third-order valence-corrected chi connectivity index (χ3v) is 7.21. The summed E-state index contributed by atoms with van der Waals surface area (Å²) in [6.45, 7) is 6.34. The molecule has 4 aliphatic rings. The Balaban J connectivity index is 0.000000360. The van der Waals surface area contributed by atoms with Crippen LogP contribution >= 0.6 is 0 Å². The first-order chi connectivity index (χ1) is 15.1. The number of hydrogen-bond acceptors (Lipinski definition) is 4. The summed E-state index contributed by atoms with van der Waals surface area (Å²) in [6, 6.07) is 0. The number of halogens is 3. The highest BCUT2D eigenvalue weighted by atomic mass is 19.4. The molecule has 0 aromatic carbocycles. The number of carboxylic acid groups (broad SMARTS) is 1. The molecule has 2 saturated heterocycles. The van der Waals surface area contributed by atoms with Gasteiger partial charge in [0.15, 0.2) is 0 Å². The van der Waals surface area contributed by atoms with Crippen molar-refractivity contribution in [2.75, 3.05) is 46.4 Å². The van der Waals surface area contributed by atoms with Gasteiger partial charge in [0.1, 0.15) is 0 Å². The summed E-state index contributed by atoms with van der Waals surface area (Å²) in [7, 11) is 1.82. The maximum absolute atomic E-state index is 12.8. The topological polar surface area (TPSA) is 70.1 Å². The van der Waals surface area contributed by atoms with Crippen LogP contribution in [-0.2, 0) is 14.3 Å². The number of carbonyl (C=O) groups is 2. The quantitative estimate of drug-likeness (QED) is 0.612. The Kier molecular flexibility index (Phi) is 8.25. The lowest BCUT2D eigenvalue weighted by Gasteiger charge is -2.30. The van der Waals surface area contributed by atoms with Crippen LogP contribution in [0.3, 0.4) is 0 Å². The van der Waals surface area contributed by atoms with Gasteiger partial charge in [-0.25, -0.2) is 4.79 Å². The molecule has 2 atom stereocenters. The molecule has 0 unspecified atom stereocenters. The molecule has 0 bridgehead atoms. The molecule has 2 heterocycles. The molecule has 1 spiro atoms. The molecule has 32 heavy (non-hydrogen) atoms. The van der Waals surface area contributed by atoms with Gasteiger partial charge in [-0.3, -0.25) is 4.79 Å². The molecular formula is C23H35F3N2O4. The average molecular weight is 461 g/mol. The monoisotopic (exact) mass is 460 g/mol. The fourth-order valence-electron chi connectivity index (χ4n) is 5.32. The van der Waals surface area contributed by atoms with Crippen LogP contribution in [-0.4, -0.2) is 79.4 Å². The van der Waals surface area contributed by atoms with E-state index in [1.165, 1.54) is 50.8 Å². The first kappa shape index (κ1) is 25.0. The van der Waals surface area contributed by atoms with Gasteiger partial charge in [0.25, 0.3) is 0 Å². The molecule has 0 radical (unpaired) electrons. The fourth-order valence-corrected chi connectivity index (χ4v) is 5.32. The van der Waals surface area contributed by atoms with E-state index in [-0.39, 0.29) is 5.41 Å². The number of rotatable bonds is 6. The highest BCUT2D eigenvalue weighted by molar-refractivity contribution is 5.79. The molecule has 3 fully saturated rings. The van der Waals surface area contributed by atoms with Crippen LogP contribution in [0.15, 0.2) is 11.6 Å². The standard InChI is InChI=1S/C21H34N2O2.C2HF3O2/c1-25-14-19-13-22(12-18-7-8-18)15-21(19)9-10-23(16-21)20(24)11-17-5-3-2-4-6-17;3-2(4,5)1(6)7/h5,18-19H,2-4,6-16H2,1H3;(H,6,7)/t19-,21+;/m0./s1. The Labute approximate surface area is 187 Å². The Morgan fingerprint density at radius 1 is 1.25 bits per heavy atom. The second kappa shape index (κ2) is 10.5. The van der Waals surface area contributed by atoms with Crippen LogP contribution in [0.1, 0.15) is 51.4 Å². The van der Waals surface area contributed by atoms with E-state index in [4.69, 9.17) is 14.6 Å². The summed E-state index contributed by atoms with van der Waals surface area (Å²) in [6.07, 6.45) is 6.73. The van der Waals surface area contributed by atoms with E-state index in [0.29, 0.717) is 18.2 Å². The number of amides is 1. The molecule has 1 amide bonds. The maximum atomic E-state index is 12.8. The zero-order chi connectivity index (χ0) is 23.4. The second-order valence-electron chi connectivity index (χ2n) is 9.81. The zero-order valence-corrected chi connectivity index (χ0v) is 18.8. The highest BCUT2D eigenvalue weighted by Gasteiger charge is 2.51. The molecule has 2 aliphatic carbocycles. The SMILES string of the molecule is COC[C@@H]1CN(CC2CC2)C[C@@]12CCN(C(=O)CC1=CCCCC1)C2.O=C(O)C(F)(F)F. The fraction of sp³-hybridized carbons (Fsp3) is 0.826. The highest BCUT2D eigenvalue weighted by Crippen LogP contribution is 2.45. The first-order valence-electron chi connectivity index (χ1n) is 11.6. The Hall–Kier alpha value is -1.61. The Morgan fingerprint density at radius 3 is 2.53 bits per heavy atom. The summed E-state index contributed by atoms with van der Waals surface area (Å²) in [5.41, 5.74) is 1.66. The second-order valence-corrected chi connectivity index (χ2v) is 9.81. The number of hydrogen-bond donors (Lipinski definition) is 1. The first-order valence-corrected chi connectivity index (χ1v) is 11.6. The van der Waals surface area contributed by atoms with Crippen LogP contribution in [0, 0.1) is 17.3 Å². The van der Waals surface area contributed by atoms with Crippen molar-refractivity contribution >= 4 is 11.9 Å². The van der Waals surface area contributed by atoms with Crippen molar-refractivity contribution in [1.29, 1.82) is 0 Å². The van der Waals surface area contributed by atoms with Crippen molar-refractivity contribution in [2.24, 2.45) is 17.3 Å². The molecule has 182 valence electrons. The van der Waals surface area contributed by atoms with Gasteiger partial charge >= 0.3 is 12.1 Å². The Morgan fingerprint density at radius 2 is 1.97 bits per heavy atom. The van der Waals surface area contributed by atoms with Gasteiger partial charge in [-0.2, -0.15) is 13.2 Å². The number of methoxy groups -OCH3 is 1. The van der Waals surface area contributed by atoms with Crippen molar-refractivity contribution in [2.45, 2.75) is 57.5 Å². The number of ether oxygens (including phenoxy) is 1. The lowest BCUT2D eigenvalue weighted by atomic mass is 9.77.